The molecule has 4 nitrogen and oxygen atoms in total. The number of aryl methyl sites for hydroxylation is 1. The van der Waals surface area contributed by atoms with E-state index in [-0.39, 0.29) is 12.1 Å². The molecule has 2 aromatic carbocycles. The molecule has 0 bridgehead atoms. The molecule has 0 spiro atoms. The highest BCUT2D eigenvalue weighted by Gasteiger charge is 2.29. The van der Waals surface area contributed by atoms with E-state index in [1.165, 1.54) is 17.9 Å². The molecule has 138 valence electrons. The highest BCUT2D eigenvalue weighted by Crippen LogP contribution is 2.25. The summed E-state index contributed by atoms with van der Waals surface area (Å²) in [5.41, 5.74) is 1.46. The van der Waals surface area contributed by atoms with Crippen molar-refractivity contribution >= 4 is 5.91 Å². The van der Waals surface area contributed by atoms with E-state index in [1.807, 2.05) is 30.3 Å². The molecule has 0 fully saturated rings. The summed E-state index contributed by atoms with van der Waals surface area (Å²) >= 11 is 0. The number of hydrogen-bond acceptors (Lipinski definition) is 3. The van der Waals surface area contributed by atoms with Gasteiger partial charge >= 0.3 is 0 Å². The first-order valence-corrected chi connectivity index (χ1v) is 8.78. The van der Waals surface area contributed by atoms with E-state index in [1.54, 1.807) is 0 Å². The van der Waals surface area contributed by atoms with E-state index < -0.39 is 23.1 Å². The van der Waals surface area contributed by atoms with Gasteiger partial charge in [-0.1, -0.05) is 36.4 Å². The number of hydrogen-bond donors (Lipinski definition) is 0. The highest BCUT2D eigenvalue weighted by atomic mass is 19.1. The molecule has 1 aliphatic heterocycles. The van der Waals surface area contributed by atoms with Gasteiger partial charge in [0, 0.05) is 19.4 Å². The molecule has 2 heterocycles. The van der Waals surface area contributed by atoms with E-state index in [0.717, 1.165) is 17.4 Å². The van der Waals surface area contributed by atoms with Crippen LogP contribution >= 0.6 is 0 Å². The van der Waals surface area contributed by atoms with Gasteiger partial charge in [0.1, 0.15) is 28.7 Å². The summed E-state index contributed by atoms with van der Waals surface area (Å²) in [4.78, 5) is 18.6. The first-order valence-electron chi connectivity index (χ1n) is 8.78. The van der Waals surface area contributed by atoms with Crippen molar-refractivity contribution in [3.05, 3.63) is 88.1 Å². The van der Waals surface area contributed by atoms with Crippen molar-refractivity contribution in [3.8, 4) is 0 Å². The molecule has 27 heavy (non-hydrogen) atoms. The van der Waals surface area contributed by atoms with E-state index in [9.17, 15) is 13.6 Å². The summed E-state index contributed by atoms with van der Waals surface area (Å²) in [7, 11) is 0. The molecule has 6 heteroatoms. The Morgan fingerprint density at radius 3 is 2.74 bits per heavy atom. The number of amides is 1. The van der Waals surface area contributed by atoms with E-state index in [4.69, 9.17) is 4.42 Å². The molecule has 0 saturated heterocycles. The lowest BCUT2D eigenvalue weighted by molar-refractivity contribution is 0.0717. The van der Waals surface area contributed by atoms with Crippen LogP contribution in [0.4, 0.5) is 8.78 Å². The maximum absolute atomic E-state index is 14.3. The van der Waals surface area contributed by atoms with Crippen LogP contribution in [-0.2, 0) is 19.4 Å². The summed E-state index contributed by atoms with van der Waals surface area (Å²) in [5, 5.41) is 0. The minimum absolute atomic E-state index is 0.180. The number of benzene rings is 2. The maximum atomic E-state index is 14.3. The van der Waals surface area contributed by atoms with Gasteiger partial charge in [-0.05, 0) is 24.1 Å². The second-order valence-electron chi connectivity index (χ2n) is 6.67. The minimum atomic E-state index is -0.848. The quantitative estimate of drug-likeness (QED) is 0.701. The Hall–Kier alpha value is -3.02. The Bertz CT molecular complexity index is 999. The number of halogens is 2. The topological polar surface area (TPSA) is 46.3 Å². The number of carbonyl (C=O) groups excluding carboxylic acids is 1. The van der Waals surface area contributed by atoms with Gasteiger partial charge in [-0.2, -0.15) is 0 Å². The van der Waals surface area contributed by atoms with Crippen LogP contribution in [0.1, 0.15) is 38.8 Å². The molecule has 0 saturated carbocycles. The van der Waals surface area contributed by atoms with Crippen LogP contribution in [-0.4, -0.2) is 22.3 Å². The maximum Gasteiger partial charge on any atom is 0.260 e. The molecule has 0 N–H and O–H groups in total. The summed E-state index contributed by atoms with van der Waals surface area (Å²) in [6.45, 7) is 2.02. The van der Waals surface area contributed by atoms with Crippen LogP contribution in [0.25, 0.3) is 0 Å². The van der Waals surface area contributed by atoms with E-state index in [0.29, 0.717) is 31.0 Å². The fraction of sp³-hybridized carbons (Fsp3) is 0.238. The molecule has 0 unspecified atom stereocenters. The third-order valence-electron chi connectivity index (χ3n) is 4.76. The van der Waals surface area contributed by atoms with Crippen LogP contribution in [0.2, 0.25) is 0 Å². The number of oxazole rings is 1. The molecule has 1 aliphatic rings. The van der Waals surface area contributed by atoms with Gasteiger partial charge < -0.3 is 9.32 Å². The Labute approximate surface area is 155 Å². The SMILES string of the molecule is Cc1ccc(F)c(C(=O)N2CCc3oc(Cc4ccccc4)nc3C2)c1F. The number of fused-ring (bicyclic) bond motifs is 1. The first kappa shape index (κ1) is 17.4. The smallest absolute Gasteiger partial charge is 0.260 e. The molecule has 0 aliphatic carbocycles. The first-order chi connectivity index (χ1) is 13.0. The molecule has 1 aromatic heterocycles. The van der Waals surface area contributed by atoms with Gasteiger partial charge in [-0.3, -0.25) is 4.79 Å². The van der Waals surface area contributed by atoms with Crippen molar-refractivity contribution < 1.29 is 18.0 Å². The van der Waals surface area contributed by atoms with Gasteiger partial charge in [-0.25, -0.2) is 13.8 Å². The number of carbonyl (C=O) groups is 1. The molecular formula is C21H18F2N2O2. The average Bonchev–Trinajstić information content (AvgIpc) is 3.07. The van der Waals surface area contributed by atoms with Crippen LogP contribution < -0.4 is 0 Å². The van der Waals surface area contributed by atoms with Crippen LogP contribution in [0, 0.1) is 18.6 Å². The summed E-state index contributed by atoms with van der Waals surface area (Å²) < 4.78 is 34.2. The number of aromatic nitrogens is 1. The van der Waals surface area contributed by atoms with E-state index >= 15 is 0 Å². The predicted octanol–water partition coefficient (Wildman–Crippen LogP) is 4.05. The Morgan fingerprint density at radius 1 is 1.19 bits per heavy atom. The lowest BCUT2D eigenvalue weighted by atomic mass is 10.1. The zero-order chi connectivity index (χ0) is 19.0. The largest absolute Gasteiger partial charge is 0.445 e. The van der Waals surface area contributed by atoms with Crippen LogP contribution in [0.15, 0.2) is 46.9 Å². The molecule has 4 rings (SSSR count). The molecular weight excluding hydrogens is 350 g/mol. The Balaban J connectivity index is 1.55. The third kappa shape index (κ3) is 3.35. The van der Waals surface area contributed by atoms with Gasteiger partial charge in [0.15, 0.2) is 5.89 Å². The van der Waals surface area contributed by atoms with Crippen LogP contribution in [0.5, 0.6) is 0 Å². The fourth-order valence-electron chi connectivity index (χ4n) is 3.28. The number of rotatable bonds is 3. The second-order valence-corrected chi connectivity index (χ2v) is 6.67. The van der Waals surface area contributed by atoms with Gasteiger partial charge in [0.25, 0.3) is 5.91 Å². The molecule has 0 radical (unpaired) electrons. The lowest BCUT2D eigenvalue weighted by Gasteiger charge is -2.25. The predicted molar refractivity (Wildman–Crippen MR) is 95.3 cm³/mol. The monoisotopic (exact) mass is 368 g/mol. The average molecular weight is 368 g/mol. The standard InChI is InChI=1S/C21H18F2N2O2/c1-13-7-8-15(22)19(20(13)23)21(26)25-10-9-17-16(12-25)24-18(27-17)11-14-5-3-2-4-6-14/h2-8H,9-12H2,1H3. The van der Waals surface area contributed by atoms with E-state index in [2.05, 4.69) is 4.98 Å². The van der Waals surface area contributed by atoms with Crippen molar-refractivity contribution in [1.29, 1.82) is 0 Å². The second kappa shape index (κ2) is 6.95. The Kier molecular flexibility index (Phi) is 4.48. The number of nitrogens with zero attached hydrogens (tertiary/aromatic N) is 2. The van der Waals surface area contributed by atoms with Crippen molar-refractivity contribution in [2.45, 2.75) is 26.3 Å². The van der Waals surface area contributed by atoms with Gasteiger partial charge in [0.2, 0.25) is 0 Å². The molecule has 1 amide bonds. The van der Waals surface area contributed by atoms with Crippen molar-refractivity contribution in [2.24, 2.45) is 0 Å². The van der Waals surface area contributed by atoms with Crippen molar-refractivity contribution in [3.63, 3.8) is 0 Å². The van der Waals surface area contributed by atoms with Crippen molar-refractivity contribution in [2.75, 3.05) is 6.54 Å². The summed E-state index contributed by atoms with van der Waals surface area (Å²) in [5.74, 6) is -1.01. The zero-order valence-corrected chi connectivity index (χ0v) is 14.8. The third-order valence-corrected chi connectivity index (χ3v) is 4.76. The summed E-state index contributed by atoms with van der Waals surface area (Å²) in [6, 6.07) is 12.3. The lowest BCUT2D eigenvalue weighted by Crippen LogP contribution is -2.36. The van der Waals surface area contributed by atoms with Gasteiger partial charge in [-0.15, -0.1) is 0 Å². The Morgan fingerprint density at radius 2 is 1.96 bits per heavy atom. The zero-order valence-electron chi connectivity index (χ0n) is 14.8. The highest BCUT2D eigenvalue weighted by molar-refractivity contribution is 5.95. The normalized spacial score (nSPS) is 13.5. The minimum Gasteiger partial charge on any atom is -0.445 e. The fourth-order valence-corrected chi connectivity index (χ4v) is 3.28. The molecule has 0 atom stereocenters. The van der Waals surface area contributed by atoms with Crippen LogP contribution in [0.3, 0.4) is 0 Å². The van der Waals surface area contributed by atoms with Crippen molar-refractivity contribution in [1.82, 2.24) is 9.88 Å². The molecule has 3 aromatic rings. The van der Waals surface area contributed by atoms with Gasteiger partial charge in [0.05, 0.1) is 6.54 Å². The summed E-state index contributed by atoms with van der Waals surface area (Å²) in [6.07, 6.45) is 1.03.